The van der Waals surface area contributed by atoms with Crippen molar-refractivity contribution >= 4 is 28.8 Å². The smallest absolute Gasteiger partial charge is 0.220 e. The van der Waals surface area contributed by atoms with E-state index in [0.29, 0.717) is 18.9 Å². The Hall–Kier alpha value is -0.580. The number of carbonyl (C=O) groups excluding carboxylic acids is 1. The highest BCUT2D eigenvalue weighted by atomic mass is 35.5. The molecule has 1 amide bonds. The van der Waals surface area contributed by atoms with Gasteiger partial charge in [0.05, 0.1) is 10.4 Å². The van der Waals surface area contributed by atoms with Crippen LogP contribution in [-0.4, -0.2) is 12.5 Å². The van der Waals surface area contributed by atoms with Crippen molar-refractivity contribution in [2.75, 3.05) is 6.54 Å². The number of hydrogen-bond acceptors (Lipinski definition) is 3. The average Bonchev–Trinajstić information content (AvgIpc) is 2.79. The van der Waals surface area contributed by atoms with Crippen molar-refractivity contribution < 1.29 is 4.79 Å². The summed E-state index contributed by atoms with van der Waals surface area (Å²) in [5, 5.41) is 3.04. The van der Waals surface area contributed by atoms with E-state index in [1.54, 1.807) is 0 Å². The van der Waals surface area contributed by atoms with Gasteiger partial charge in [-0.2, -0.15) is 0 Å². The number of halogens is 1. The zero-order valence-corrected chi connectivity index (χ0v) is 15.0. The first kappa shape index (κ1) is 18.5. The number of thiophene rings is 1. The molecule has 0 aromatic carbocycles. The van der Waals surface area contributed by atoms with Gasteiger partial charge in [0.2, 0.25) is 5.91 Å². The number of amides is 1. The summed E-state index contributed by atoms with van der Waals surface area (Å²) in [4.78, 5) is 13.2. The third-order valence-corrected chi connectivity index (χ3v) is 5.27. The molecular weight excluding hydrogens is 304 g/mol. The molecule has 0 spiro atoms. The largest absolute Gasteiger partial charge is 0.349 e. The topological polar surface area (TPSA) is 55.1 Å². The molecule has 1 heterocycles. The van der Waals surface area contributed by atoms with Crippen LogP contribution in [0.25, 0.3) is 0 Å². The maximum Gasteiger partial charge on any atom is 0.220 e. The highest BCUT2D eigenvalue weighted by molar-refractivity contribution is 7.16. The highest BCUT2D eigenvalue weighted by Gasteiger charge is 2.24. The van der Waals surface area contributed by atoms with Crippen molar-refractivity contribution in [1.82, 2.24) is 5.32 Å². The number of rotatable bonds is 7. The van der Waals surface area contributed by atoms with Gasteiger partial charge in [-0.15, -0.1) is 11.3 Å². The van der Waals surface area contributed by atoms with E-state index < -0.39 is 0 Å². The van der Waals surface area contributed by atoms with Crippen molar-refractivity contribution in [3.05, 3.63) is 21.3 Å². The molecule has 5 heteroatoms. The molecule has 0 saturated carbocycles. The van der Waals surface area contributed by atoms with Gasteiger partial charge in [-0.3, -0.25) is 4.79 Å². The fourth-order valence-electron chi connectivity index (χ4n) is 2.46. The summed E-state index contributed by atoms with van der Waals surface area (Å²) in [7, 11) is 0. The van der Waals surface area contributed by atoms with E-state index >= 15 is 0 Å². The van der Waals surface area contributed by atoms with Crippen LogP contribution < -0.4 is 11.1 Å². The van der Waals surface area contributed by atoms with Crippen LogP contribution in [0, 0.1) is 11.3 Å². The van der Waals surface area contributed by atoms with Crippen molar-refractivity contribution in [3.63, 3.8) is 0 Å². The Bertz CT molecular complexity index is 453. The number of carbonyl (C=O) groups is 1. The van der Waals surface area contributed by atoms with Crippen LogP contribution in [0.2, 0.25) is 4.34 Å². The molecule has 2 atom stereocenters. The van der Waals surface area contributed by atoms with Crippen molar-refractivity contribution in [1.29, 1.82) is 0 Å². The van der Waals surface area contributed by atoms with Gasteiger partial charge in [0.15, 0.2) is 0 Å². The molecule has 21 heavy (non-hydrogen) atoms. The van der Waals surface area contributed by atoms with Crippen LogP contribution in [-0.2, 0) is 4.79 Å². The summed E-state index contributed by atoms with van der Waals surface area (Å²) < 4.78 is 0.752. The first-order chi connectivity index (χ1) is 9.74. The molecule has 1 rings (SSSR count). The lowest BCUT2D eigenvalue weighted by Crippen LogP contribution is -2.29. The van der Waals surface area contributed by atoms with Crippen molar-refractivity contribution in [2.24, 2.45) is 17.1 Å². The summed E-state index contributed by atoms with van der Waals surface area (Å²) >= 11 is 7.43. The minimum absolute atomic E-state index is 0.0117. The van der Waals surface area contributed by atoms with E-state index in [2.05, 4.69) is 26.1 Å². The van der Waals surface area contributed by atoms with Gasteiger partial charge >= 0.3 is 0 Å². The fourth-order valence-corrected chi connectivity index (χ4v) is 3.53. The minimum atomic E-state index is 0.0117. The molecule has 0 saturated heterocycles. The van der Waals surface area contributed by atoms with Crippen LogP contribution >= 0.6 is 22.9 Å². The Kier molecular flexibility index (Phi) is 7.17. The highest BCUT2D eigenvalue weighted by Crippen LogP contribution is 2.32. The van der Waals surface area contributed by atoms with E-state index in [4.69, 9.17) is 17.3 Å². The normalized spacial score (nSPS) is 14.8. The molecule has 2 unspecified atom stereocenters. The molecule has 3 nitrogen and oxygen atoms in total. The van der Waals surface area contributed by atoms with E-state index in [-0.39, 0.29) is 17.4 Å². The van der Waals surface area contributed by atoms with E-state index in [9.17, 15) is 4.79 Å². The lowest BCUT2D eigenvalue weighted by atomic mass is 9.76. The summed E-state index contributed by atoms with van der Waals surface area (Å²) in [5.74, 6) is 0.568. The predicted molar refractivity (Wildman–Crippen MR) is 91.7 cm³/mol. The molecule has 120 valence electrons. The predicted octanol–water partition coefficient (Wildman–Crippen LogP) is 4.37. The van der Waals surface area contributed by atoms with Crippen LogP contribution in [0.3, 0.4) is 0 Å². The Morgan fingerprint density at radius 2 is 2.05 bits per heavy atom. The van der Waals surface area contributed by atoms with Crippen LogP contribution in [0.1, 0.15) is 57.9 Å². The van der Waals surface area contributed by atoms with Crippen LogP contribution in [0.4, 0.5) is 0 Å². The first-order valence-electron chi connectivity index (χ1n) is 7.48. The Morgan fingerprint density at radius 1 is 1.38 bits per heavy atom. The second-order valence-electron chi connectivity index (χ2n) is 6.61. The van der Waals surface area contributed by atoms with Gasteiger partial charge in [0.25, 0.3) is 0 Å². The molecule has 0 aliphatic heterocycles. The lowest BCUT2D eigenvalue weighted by Gasteiger charge is -2.30. The lowest BCUT2D eigenvalue weighted by molar-refractivity contribution is -0.122. The zero-order valence-electron chi connectivity index (χ0n) is 13.4. The van der Waals surface area contributed by atoms with Crippen molar-refractivity contribution in [3.8, 4) is 0 Å². The fraction of sp³-hybridized carbons (Fsp3) is 0.688. The molecule has 1 aromatic heterocycles. The van der Waals surface area contributed by atoms with Gasteiger partial charge in [-0.25, -0.2) is 0 Å². The summed E-state index contributed by atoms with van der Waals surface area (Å²) in [5.41, 5.74) is 5.87. The Balaban J connectivity index is 2.46. The molecular formula is C16H27ClN2OS. The Labute approximate surface area is 137 Å². The second kappa shape index (κ2) is 8.16. The minimum Gasteiger partial charge on any atom is -0.349 e. The van der Waals surface area contributed by atoms with Crippen molar-refractivity contribution in [2.45, 2.75) is 53.0 Å². The second-order valence-corrected chi connectivity index (χ2v) is 8.36. The van der Waals surface area contributed by atoms with E-state index in [1.165, 1.54) is 11.3 Å². The third-order valence-electron chi connectivity index (χ3n) is 3.86. The van der Waals surface area contributed by atoms with Gasteiger partial charge in [0, 0.05) is 11.3 Å². The van der Waals surface area contributed by atoms with E-state index in [1.807, 2.05) is 19.1 Å². The van der Waals surface area contributed by atoms with Gasteiger partial charge < -0.3 is 11.1 Å². The quantitative estimate of drug-likeness (QED) is 0.780. The monoisotopic (exact) mass is 330 g/mol. The van der Waals surface area contributed by atoms with Gasteiger partial charge in [-0.05, 0) is 49.8 Å². The standard InChI is InChI=1S/C16H27ClN2OS/c1-11(13-6-7-14(17)21-13)19-15(20)8-5-12(9-10-18)16(2,3)4/h6-7,11-12H,5,8-10,18H2,1-4H3,(H,19,20). The van der Waals surface area contributed by atoms with Gasteiger partial charge in [0.1, 0.15) is 0 Å². The average molecular weight is 331 g/mol. The maximum atomic E-state index is 12.1. The SMILES string of the molecule is CC(NC(=O)CCC(CCN)C(C)(C)C)c1ccc(Cl)s1. The van der Waals surface area contributed by atoms with Gasteiger partial charge in [-0.1, -0.05) is 32.4 Å². The van der Waals surface area contributed by atoms with E-state index in [0.717, 1.165) is 22.1 Å². The summed E-state index contributed by atoms with van der Waals surface area (Å²) in [6, 6.07) is 3.84. The van der Waals surface area contributed by atoms with Crippen LogP contribution in [0.5, 0.6) is 0 Å². The molecule has 0 aliphatic rings. The molecule has 0 bridgehead atoms. The molecule has 3 N–H and O–H groups in total. The molecule has 0 aliphatic carbocycles. The molecule has 1 aromatic rings. The summed E-state index contributed by atoms with van der Waals surface area (Å²) in [6.45, 7) is 9.29. The van der Waals surface area contributed by atoms with Crippen LogP contribution in [0.15, 0.2) is 12.1 Å². The summed E-state index contributed by atoms with van der Waals surface area (Å²) in [6.07, 6.45) is 2.39. The molecule has 0 radical (unpaired) electrons. The number of nitrogens with two attached hydrogens (primary N) is 1. The number of nitrogens with one attached hydrogen (secondary N) is 1. The number of hydrogen-bond donors (Lipinski definition) is 2. The third kappa shape index (κ3) is 6.37. The molecule has 0 fully saturated rings. The first-order valence-corrected chi connectivity index (χ1v) is 8.68. The Morgan fingerprint density at radius 3 is 2.52 bits per heavy atom. The maximum absolute atomic E-state index is 12.1. The zero-order chi connectivity index (χ0) is 16.0.